The van der Waals surface area contributed by atoms with E-state index in [9.17, 15) is 0 Å². The number of nitrogens with zero attached hydrogens (tertiary/aromatic N) is 2. The number of hydrogen-bond acceptors (Lipinski definition) is 3. The van der Waals surface area contributed by atoms with Gasteiger partial charge in [-0.1, -0.05) is 20.8 Å². The van der Waals surface area contributed by atoms with Gasteiger partial charge in [-0.2, -0.15) is 0 Å². The van der Waals surface area contributed by atoms with E-state index in [0.29, 0.717) is 5.92 Å². The number of aryl methyl sites for hydroxylation is 1. The van der Waals surface area contributed by atoms with E-state index in [1.807, 2.05) is 0 Å². The number of aromatic nitrogens is 2. The molecule has 0 unspecified atom stereocenters. The van der Waals surface area contributed by atoms with Gasteiger partial charge in [0.15, 0.2) is 0 Å². The lowest BCUT2D eigenvalue weighted by molar-refractivity contribution is 0.630. The van der Waals surface area contributed by atoms with E-state index in [0.717, 1.165) is 11.4 Å². The third-order valence-electron chi connectivity index (χ3n) is 2.12. The molecule has 3 heteroatoms. The summed E-state index contributed by atoms with van der Waals surface area (Å²) >= 11 is 1.77. The maximum absolute atomic E-state index is 4.20. The molecule has 1 rings (SSSR count). The summed E-state index contributed by atoms with van der Waals surface area (Å²) in [5, 5.41) is 10.7. The Morgan fingerprint density at radius 3 is 2.25 bits per heavy atom. The predicted octanol–water partition coefficient (Wildman–Crippen LogP) is 3.00. The van der Waals surface area contributed by atoms with Crippen molar-refractivity contribution in [2.75, 3.05) is 0 Å². The molecule has 0 radical (unpaired) electrons. The molecule has 0 atom stereocenters. The zero-order valence-electron chi connectivity index (χ0n) is 8.00. The van der Waals surface area contributed by atoms with Crippen molar-refractivity contribution in [3.63, 3.8) is 0 Å². The summed E-state index contributed by atoms with van der Waals surface area (Å²) in [5.41, 5.74) is 0. The van der Waals surface area contributed by atoms with Crippen molar-refractivity contribution in [1.82, 2.24) is 10.2 Å². The second kappa shape index (κ2) is 4.55. The molecule has 1 heterocycles. The van der Waals surface area contributed by atoms with Crippen molar-refractivity contribution in [1.29, 1.82) is 0 Å². The molecule has 12 heavy (non-hydrogen) atoms. The molecule has 0 spiro atoms. The summed E-state index contributed by atoms with van der Waals surface area (Å²) in [4.78, 5) is 0. The highest BCUT2D eigenvalue weighted by atomic mass is 32.1. The third-order valence-corrected chi connectivity index (χ3v) is 3.35. The van der Waals surface area contributed by atoms with Gasteiger partial charge in [-0.05, 0) is 19.3 Å². The van der Waals surface area contributed by atoms with Crippen molar-refractivity contribution in [2.45, 2.75) is 46.0 Å². The van der Waals surface area contributed by atoms with Crippen LogP contribution in [-0.4, -0.2) is 10.2 Å². The summed E-state index contributed by atoms with van der Waals surface area (Å²) in [6.07, 6.45) is 3.36. The van der Waals surface area contributed by atoms with E-state index in [4.69, 9.17) is 0 Å². The lowest BCUT2D eigenvalue weighted by atomic mass is 10.1. The van der Waals surface area contributed by atoms with E-state index in [-0.39, 0.29) is 0 Å². The minimum absolute atomic E-state index is 0.628. The smallest absolute Gasteiger partial charge is 0.120 e. The van der Waals surface area contributed by atoms with Gasteiger partial charge < -0.3 is 0 Å². The molecule has 0 amide bonds. The highest BCUT2D eigenvalue weighted by Gasteiger charge is 2.11. The highest BCUT2D eigenvalue weighted by Crippen LogP contribution is 2.25. The normalized spacial score (nSPS) is 11.0. The fourth-order valence-electron chi connectivity index (χ4n) is 1.21. The maximum Gasteiger partial charge on any atom is 0.120 e. The van der Waals surface area contributed by atoms with Gasteiger partial charge in [0, 0.05) is 5.92 Å². The molecule has 0 fully saturated rings. The van der Waals surface area contributed by atoms with Crippen molar-refractivity contribution in [3.05, 3.63) is 10.0 Å². The van der Waals surface area contributed by atoms with E-state index in [2.05, 4.69) is 31.0 Å². The van der Waals surface area contributed by atoms with Gasteiger partial charge in [0.05, 0.1) is 0 Å². The first-order valence-corrected chi connectivity index (χ1v) is 5.45. The Kier molecular flexibility index (Phi) is 3.66. The van der Waals surface area contributed by atoms with Gasteiger partial charge >= 0.3 is 0 Å². The van der Waals surface area contributed by atoms with Gasteiger partial charge in [-0.3, -0.25) is 0 Å². The van der Waals surface area contributed by atoms with Crippen molar-refractivity contribution >= 4 is 11.3 Å². The second-order valence-corrected chi connectivity index (χ2v) is 3.99. The average Bonchev–Trinajstić information content (AvgIpc) is 2.55. The van der Waals surface area contributed by atoms with E-state index < -0.39 is 0 Å². The molecule has 0 saturated carbocycles. The summed E-state index contributed by atoms with van der Waals surface area (Å²) in [6.45, 7) is 6.54. The predicted molar refractivity (Wildman–Crippen MR) is 52.6 cm³/mol. The quantitative estimate of drug-likeness (QED) is 0.719. The highest BCUT2D eigenvalue weighted by molar-refractivity contribution is 7.11. The summed E-state index contributed by atoms with van der Waals surface area (Å²) in [5.74, 6) is 0.628. The summed E-state index contributed by atoms with van der Waals surface area (Å²) in [7, 11) is 0. The number of rotatable bonds is 4. The Bertz CT molecular complexity index is 228. The van der Waals surface area contributed by atoms with Crippen LogP contribution in [0.4, 0.5) is 0 Å². The Morgan fingerprint density at radius 1 is 1.17 bits per heavy atom. The average molecular weight is 184 g/mol. The molecular formula is C9H16N2S. The molecule has 0 bridgehead atoms. The molecule has 1 aromatic heterocycles. The fraction of sp³-hybridized carbons (Fsp3) is 0.778. The molecule has 0 aromatic carbocycles. The van der Waals surface area contributed by atoms with E-state index in [1.54, 1.807) is 11.3 Å². The first-order chi connectivity index (χ1) is 5.81. The Balaban J connectivity index is 2.72. The van der Waals surface area contributed by atoms with Crippen LogP contribution in [0.1, 0.15) is 49.5 Å². The minimum atomic E-state index is 0.628. The molecule has 0 saturated heterocycles. The van der Waals surface area contributed by atoms with Crippen LogP contribution >= 0.6 is 11.3 Å². The number of hydrogen-bond donors (Lipinski definition) is 0. The second-order valence-electron chi connectivity index (χ2n) is 2.90. The first-order valence-electron chi connectivity index (χ1n) is 4.64. The third kappa shape index (κ3) is 2.03. The molecule has 0 N–H and O–H groups in total. The maximum atomic E-state index is 4.20. The lowest BCUT2D eigenvalue weighted by Crippen LogP contribution is -1.93. The van der Waals surface area contributed by atoms with Crippen molar-refractivity contribution in [3.8, 4) is 0 Å². The van der Waals surface area contributed by atoms with Gasteiger partial charge in [0.25, 0.3) is 0 Å². The summed E-state index contributed by atoms with van der Waals surface area (Å²) in [6, 6.07) is 0. The van der Waals surface area contributed by atoms with E-state index in [1.165, 1.54) is 17.8 Å². The first kappa shape index (κ1) is 9.65. The van der Waals surface area contributed by atoms with Crippen LogP contribution in [0.15, 0.2) is 0 Å². The van der Waals surface area contributed by atoms with Crippen LogP contribution in [-0.2, 0) is 6.42 Å². The Hall–Kier alpha value is -0.440. The van der Waals surface area contributed by atoms with Crippen LogP contribution in [0, 0.1) is 0 Å². The van der Waals surface area contributed by atoms with Crippen LogP contribution in [0.3, 0.4) is 0 Å². The molecule has 2 nitrogen and oxygen atoms in total. The standard InChI is InChI=1S/C9H16N2S/c1-4-7(5-2)9-11-10-8(6-3)12-9/h7H,4-6H2,1-3H3. The molecular weight excluding hydrogens is 168 g/mol. The molecule has 1 aromatic rings. The molecule has 68 valence electrons. The monoisotopic (exact) mass is 184 g/mol. The van der Waals surface area contributed by atoms with Crippen molar-refractivity contribution < 1.29 is 0 Å². The fourth-order valence-corrected chi connectivity index (χ4v) is 2.26. The minimum Gasteiger partial charge on any atom is -0.144 e. The Labute approximate surface area is 78.0 Å². The van der Waals surface area contributed by atoms with E-state index >= 15 is 0 Å². The molecule has 0 aliphatic rings. The zero-order valence-corrected chi connectivity index (χ0v) is 8.82. The van der Waals surface area contributed by atoms with Crippen LogP contribution < -0.4 is 0 Å². The largest absolute Gasteiger partial charge is 0.144 e. The van der Waals surface area contributed by atoms with Gasteiger partial charge in [0.1, 0.15) is 10.0 Å². The lowest BCUT2D eigenvalue weighted by Gasteiger charge is -2.05. The van der Waals surface area contributed by atoms with Crippen molar-refractivity contribution in [2.24, 2.45) is 0 Å². The van der Waals surface area contributed by atoms with Gasteiger partial charge in [-0.15, -0.1) is 21.5 Å². The van der Waals surface area contributed by atoms with Gasteiger partial charge in [-0.25, -0.2) is 0 Å². The molecule has 0 aliphatic heterocycles. The van der Waals surface area contributed by atoms with Crippen LogP contribution in [0.25, 0.3) is 0 Å². The topological polar surface area (TPSA) is 25.8 Å². The van der Waals surface area contributed by atoms with Crippen LogP contribution in [0.2, 0.25) is 0 Å². The summed E-state index contributed by atoms with van der Waals surface area (Å²) < 4.78 is 0. The zero-order chi connectivity index (χ0) is 8.97. The molecule has 0 aliphatic carbocycles. The SMILES string of the molecule is CCc1nnc(C(CC)CC)s1. The Morgan fingerprint density at radius 2 is 1.83 bits per heavy atom. The van der Waals surface area contributed by atoms with Gasteiger partial charge in [0.2, 0.25) is 0 Å². The van der Waals surface area contributed by atoms with Crippen LogP contribution in [0.5, 0.6) is 0 Å².